The Kier molecular flexibility index (Phi) is 11.2. The Bertz CT molecular complexity index is 2280. The van der Waals surface area contributed by atoms with Crippen LogP contribution >= 0.6 is 0 Å². The highest BCUT2D eigenvalue weighted by Gasteiger charge is 2.58. The van der Waals surface area contributed by atoms with Crippen LogP contribution in [0.3, 0.4) is 0 Å². The molecule has 0 radical (unpaired) electrons. The molecule has 2 fully saturated rings. The number of hydrogen-bond donors (Lipinski definition) is 4. The van der Waals surface area contributed by atoms with Crippen molar-refractivity contribution in [3.8, 4) is 11.1 Å². The molecule has 1 unspecified atom stereocenters. The Morgan fingerprint density at radius 2 is 1.61 bits per heavy atom. The number of methoxy groups -OCH3 is 1. The van der Waals surface area contributed by atoms with Gasteiger partial charge in [0.05, 0.1) is 23.9 Å². The molecule has 59 heavy (non-hydrogen) atoms. The molecule has 2 bridgehead atoms. The lowest BCUT2D eigenvalue weighted by atomic mass is 9.80. The van der Waals surface area contributed by atoms with E-state index in [0.717, 1.165) is 117 Å². The number of nitrogens with zero attached hydrogens (tertiary/aromatic N) is 5. The second kappa shape index (κ2) is 16.4. The van der Waals surface area contributed by atoms with Crippen molar-refractivity contribution in [1.82, 2.24) is 34.9 Å². The van der Waals surface area contributed by atoms with Crippen molar-refractivity contribution >= 4 is 35.1 Å². The number of anilines is 2. The first kappa shape index (κ1) is 40.4. The summed E-state index contributed by atoms with van der Waals surface area (Å²) in [5.41, 5.74) is 8.42. The van der Waals surface area contributed by atoms with Gasteiger partial charge < -0.3 is 30.6 Å². The summed E-state index contributed by atoms with van der Waals surface area (Å²) in [5, 5.41) is 17.2. The first-order chi connectivity index (χ1) is 28.4. The summed E-state index contributed by atoms with van der Waals surface area (Å²) in [6.07, 6.45) is 8.77. The van der Waals surface area contributed by atoms with Crippen molar-refractivity contribution in [1.29, 1.82) is 0 Å². The number of rotatable bonds is 13. The van der Waals surface area contributed by atoms with Gasteiger partial charge in [-0.2, -0.15) is 5.10 Å². The van der Waals surface area contributed by atoms with Crippen molar-refractivity contribution in [3.63, 3.8) is 0 Å². The molecule has 4 N–H and O–H groups in total. The van der Waals surface area contributed by atoms with E-state index < -0.39 is 0 Å². The van der Waals surface area contributed by atoms with Crippen molar-refractivity contribution in [2.24, 2.45) is 17.9 Å². The maximum Gasteiger partial charge on any atom is 0.311 e. The number of esters is 1. The quantitative estimate of drug-likeness (QED) is 0.0961. The number of amides is 3. The van der Waals surface area contributed by atoms with Gasteiger partial charge in [0, 0.05) is 76.2 Å². The minimum atomic E-state index is -0.281. The molecule has 2 saturated carbocycles. The van der Waals surface area contributed by atoms with Crippen LogP contribution in [0, 0.1) is 24.7 Å². The lowest BCUT2D eigenvalue weighted by molar-refractivity contribution is -0.152. The molecule has 0 spiro atoms. The SMILES string of the molecule is COC(=O)C12CCC(CCN3CCc4c(nc(C(=O)Nc5cccc(-c6cccc(NC(=O)c7cc8n(n7)CCCC8NCCNC(C)=O)c6C)c5C)n4C)C3)(CC1)C2. The second-order valence-corrected chi connectivity index (χ2v) is 17.3. The Balaban J connectivity index is 0.914. The van der Waals surface area contributed by atoms with Gasteiger partial charge in [0.15, 0.2) is 11.5 Å². The van der Waals surface area contributed by atoms with Gasteiger partial charge in [0.2, 0.25) is 5.91 Å². The lowest BCUT2D eigenvalue weighted by Gasteiger charge is -2.32. The normalized spacial score (nSPS) is 22.1. The minimum Gasteiger partial charge on any atom is -0.469 e. The molecular formula is C45H57N9O5. The van der Waals surface area contributed by atoms with E-state index in [-0.39, 0.29) is 40.6 Å². The number of aromatic nitrogens is 4. The summed E-state index contributed by atoms with van der Waals surface area (Å²) in [6.45, 7) is 9.97. The number of aryl methyl sites for hydroxylation is 1. The van der Waals surface area contributed by atoms with E-state index in [0.29, 0.717) is 42.5 Å². The fourth-order valence-electron chi connectivity index (χ4n) is 10.3. The Morgan fingerprint density at radius 1 is 0.915 bits per heavy atom. The van der Waals surface area contributed by atoms with Gasteiger partial charge >= 0.3 is 5.97 Å². The standard InChI is InChI=1S/C45H57N9O5/c1-28-31(9-6-11-33(28)49-41(56)36-25-39-35(13-8-22-54(39)51-36)47-21-20-46-30(3)55)32-10-7-12-34(29(32)2)50-42(57)40-48-37-26-53(23-14-38(37)52(40)4)24-19-44-15-17-45(27-44,18-16-44)43(58)59-5/h6-7,9-12,25,35,47H,8,13-24,26-27H2,1-5H3,(H,46,55)(H,49,56)(H,50,57). The fourth-order valence-corrected chi connectivity index (χ4v) is 10.3. The third-order valence-electron chi connectivity index (χ3n) is 13.7. The van der Waals surface area contributed by atoms with Crippen molar-refractivity contribution < 1.29 is 23.9 Å². The maximum absolute atomic E-state index is 13.9. The summed E-state index contributed by atoms with van der Waals surface area (Å²) in [5.74, 6) is -0.234. The molecule has 0 saturated heterocycles. The molecule has 3 amide bonds. The number of fused-ring (bicyclic) bond motifs is 4. The molecule has 2 aliphatic carbocycles. The zero-order valence-corrected chi connectivity index (χ0v) is 35.0. The van der Waals surface area contributed by atoms with Crippen LogP contribution in [-0.4, -0.2) is 81.2 Å². The predicted octanol–water partition coefficient (Wildman–Crippen LogP) is 5.84. The van der Waals surface area contributed by atoms with Crippen LogP contribution in [0.2, 0.25) is 0 Å². The summed E-state index contributed by atoms with van der Waals surface area (Å²) < 4.78 is 9.02. The van der Waals surface area contributed by atoms with Gasteiger partial charge in [-0.05, 0) is 118 Å². The van der Waals surface area contributed by atoms with E-state index >= 15 is 0 Å². The second-order valence-electron chi connectivity index (χ2n) is 17.3. The Hall–Kier alpha value is -5.34. The number of nitrogens with one attached hydrogen (secondary N) is 4. The molecule has 4 heterocycles. The van der Waals surface area contributed by atoms with Crippen LogP contribution in [0.1, 0.15) is 114 Å². The highest BCUT2D eigenvalue weighted by Crippen LogP contribution is 2.63. The minimum absolute atomic E-state index is 0.0307. The Labute approximate surface area is 345 Å². The first-order valence-corrected chi connectivity index (χ1v) is 21.1. The topological polar surface area (TPSA) is 165 Å². The predicted molar refractivity (Wildman–Crippen MR) is 225 cm³/mol. The monoisotopic (exact) mass is 803 g/mol. The average Bonchev–Trinajstić information content (AvgIpc) is 4.02. The average molecular weight is 804 g/mol. The van der Waals surface area contributed by atoms with Crippen molar-refractivity contribution in [3.05, 3.63) is 82.2 Å². The number of ether oxygens (including phenoxy) is 1. The first-order valence-electron chi connectivity index (χ1n) is 21.1. The highest BCUT2D eigenvalue weighted by molar-refractivity contribution is 6.05. The van der Waals surface area contributed by atoms with E-state index in [4.69, 9.17) is 9.72 Å². The van der Waals surface area contributed by atoms with E-state index in [1.807, 2.05) is 72.6 Å². The van der Waals surface area contributed by atoms with Gasteiger partial charge in [0.1, 0.15) is 0 Å². The number of benzene rings is 2. The number of carbonyl (C=O) groups excluding carboxylic acids is 4. The van der Waals surface area contributed by atoms with Gasteiger partial charge in [-0.25, -0.2) is 4.98 Å². The molecule has 14 nitrogen and oxygen atoms in total. The summed E-state index contributed by atoms with van der Waals surface area (Å²) in [7, 11) is 3.44. The van der Waals surface area contributed by atoms with E-state index in [9.17, 15) is 19.2 Å². The van der Waals surface area contributed by atoms with Gasteiger partial charge in [-0.1, -0.05) is 24.3 Å². The third-order valence-corrected chi connectivity index (χ3v) is 13.7. The number of hydrogen-bond acceptors (Lipinski definition) is 9. The van der Waals surface area contributed by atoms with Crippen molar-refractivity contribution in [2.45, 2.75) is 97.7 Å². The van der Waals surface area contributed by atoms with Gasteiger partial charge in [-0.3, -0.25) is 28.8 Å². The molecule has 2 aromatic carbocycles. The summed E-state index contributed by atoms with van der Waals surface area (Å²) in [4.78, 5) is 58.6. The Morgan fingerprint density at radius 3 is 2.29 bits per heavy atom. The van der Waals surface area contributed by atoms with Gasteiger partial charge in [0.25, 0.3) is 11.8 Å². The zero-order chi connectivity index (χ0) is 41.5. The molecule has 2 aliphatic heterocycles. The van der Waals surface area contributed by atoms with Crippen LogP contribution in [0.15, 0.2) is 42.5 Å². The lowest BCUT2D eigenvalue weighted by Crippen LogP contribution is -2.34. The molecule has 1 atom stereocenters. The van der Waals surface area contributed by atoms with Crippen LogP contribution in [0.5, 0.6) is 0 Å². The van der Waals surface area contributed by atoms with Crippen LogP contribution in [0.25, 0.3) is 11.1 Å². The highest BCUT2D eigenvalue weighted by atomic mass is 16.5. The van der Waals surface area contributed by atoms with Crippen molar-refractivity contribution in [2.75, 3.05) is 43.9 Å². The fraction of sp³-hybridized carbons (Fsp3) is 0.511. The molecule has 2 aromatic heterocycles. The molecular weight excluding hydrogens is 747 g/mol. The van der Waals surface area contributed by atoms with E-state index in [2.05, 4.69) is 31.3 Å². The molecule has 14 heteroatoms. The number of imidazole rings is 1. The zero-order valence-electron chi connectivity index (χ0n) is 35.0. The van der Waals surface area contributed by atoms with E-state index in [1.54, 1.807) is 0 Å². The third kappa shape index (κ3) is 7.92. The summed E-state index contributed by atoms with van der Waals surface area (Å²) >= 11 is 0. The smallest absolute Gasteiger partial charge is 0.311 e. The maximum atomic E-state index is 13.9. The van der Waals surface area contributed by atoms with Gasteiger partial charge in [-0.15, -0.1) is 0 Å². The van der Waals surface area contributed by atoms with Crippen LogP contribution in [0.4, 0.5) is 11.4 Å². The number of carbonyl (C=O) groups is 4. The molecule has 4 aromatic rings. The molecule has 8 rings (SSSR count). The van der Waals surface area contributed by atoms with E-state index in [1.165, 1.54) is 14.0 Å². The van der Waals surface area contributed by atoms with Crippen LogP contribution in [-0.2, 0) is 40.9 Å². The molecule has 4 aliphatic rings. The summed E-state index contributed by atoms with van der Waals surface area (Å²) in [6, 6.07) is 13.6. The largest absolute Gasteiger partial charge is 0.469 e. The van der Waals surface area contributed by atoms with Crippen LogP contribution < -0.4 is 21.3 Å². The molecule has 312 valence electrons.